The summed E-state index contributed by atoms with van der Waals surface area (Å²) in [5, 5.41) is 33.8. The zero-order chi connectivity index (χ0) is 15.1. The van der Waals surface area contributed by atoms with Crippen LogP contribution in [-0.4, -0.2) is 99.2 Å². The minimum atomic E-state index is -5.17. The smallest absolute Gasteiger partial charge is 0.759 e. The van der Waals surface area contributed by atoms with Crippen LogP contribution in [0, 0.1) is 0 Å². The molecule has 0 amide bonds. The first-order chi connectivity index (χ1) is 7.78. The first-order valence-electron chi connectivity index (χ1n) is 3.84. The molecule has 19 heavy (non-hydrogen) atoms. The number of hydrogen-bond donors (Lipinski definition) is 4. The van der Waals surface area contributed by atoms with E-state index in [1.807, 2.05) is 0 Å². The third-order valence-corrected chi connectivity index (χ3v) is 1.29. The monoisotopic (exact) mass is 328 g/mol. The van der Waals surface area contributed by atoms with E-state index in [1.54, 1.807) is 0 Å². The van der Waals surface area contributed by atoms with Gasteiger partial charge in [-0.1, -0.05) is 0 Å². The van der Waals surface area contributed by atoms with Gasteiger partial charge in [0.1, 0.15) is 0 Å². The molecule has 0 radical (unpaired) electrons. The van der Waals surface area contributed by atoms with Gasteiger partial charge in [-0.2, -0.15) is 0 Å². The molecular weight excluding hydrogens is 320 g/mol. The van der Waals surface area contributed by atoms with E-state index in [0.717, 1.165) is 0 Å². The molecule has 0 aliphatic rings. The van der Waals surface area contributed by atoms with E-state index in [2.05, 4.69) is 0 Å². The predicted octanol–water partition coefficient (Wildman–Crippen LogP) is -2.97. The maximum Gasteiger partial charge on any atom is 2.00 e. The molecule has 0 heterocycles. The van der Waals surface area contributed by atoms with Gasteiger partial charge in [-0.3, -0.25) is 18.0 Å². The van der Waals surface area contributed by atoms with E-state index >= 15 is 0 Å². The fraction of sp³-hybridized carbons (Fsp3) is 0.500. The summed E-state index contributed by atoms with van der Waals surface area (Å²) in [6, 6.07) is 0. The first kappa shape index (κ1) is 23.6. The van der Waals surface area contributed by atoms with Gasteiger partial charge in [0.25, 0.3) is 0 Å². The Balaban J connectivity index is -0.000000366. The van der Waals surface area contributed by atoms with E-state index < -0.39 is 46.7 Å². The molecule has 11 nitrogen and oxygen atoms in total. The number of aliphatic hydroxyl groups is 1. The quantitative estimate of drug-likeness (QED) is 0.227. The Morgan fingerprint density at radius 1 is 0.947 bits per heavy atom. The van der Waals surface area contributed by atoms with Gasteiger partial charge in [-0.15, -0.1) is 0 Å². The molecule has 0 aromatic carbocycles. The summed E-state index contributed by atoms with van der Waals surface area (Å²) >= 11 is 0. The summed E-state index contributed by atoms with van der Waals surface area (Å²) in [6.45, 7) is 0. The number of hydrogen-bond acceptors (Lipinski definition) is 8. The normalized spacial score (nSPS) is 10.5. The molecule has 13 heteroatoms. The van der Waals surface area contributed by atoms with Crippen LogP contribution in [0.15, 0.2) is 0 Å². The van der Waals surface area contributed by atoms with Gasteiger partial charge in [0.2, 0.25) is 0 Å². The van der Waals surface area contributed by atoms with Gasteiger partial charge >= 0.3 is 55.6 Å². The van der Waals surface area contributed by atoms with Crippen molar-refractivity contribution in [1.29, 1.82) is 0 Å². The molecule has 0 saturated heterocycles. The second-order valence-corrected chi connectivity index (χ2v) is 3.70. The van der Waals surface area contributed by atoms with Gasteiger partial charge in [0, 0.05) is 10.4 Å². The number of carboxylic acid groups (broad SMARTS) is 3. The van der Waals surface area contributed by atoms with Crippen LogP contribution in [-0.2, 0) is 24.8 Å². The Morgan fingerprint density at radius 2 is 1.16 bits per heavy atom. The van der Waals surface area contributed by atoms with Crippen LogP contribution in [0.2, 0.25) is 0 Å². The average molecular weight is 328 g/mol. The van der Waals surface area contributed by atoms with E-state index in [1.165, 1.54) is 0 Å². The van der Waals surface area contributed by atoms with Crippen molar-refractivity contribution in [3.63, 3.8) is 0 Å². The number of aliphatic carboxylic acids is 3. The Labute approximate surface area is 136 Å². The van der Waals surface area contributed by atoms with Crippen molar-refractivity contribution in [2.24, 2.45) is 0 Å². The van der Waals surface area contributed by atoms with Crippen molar-refractivity contribution >= 4 is 66.0 Å². The fourth-order valence-corrected chi connectivity index (χ4v) is 0.714. The number of carbonyl (C=O) groups is 3. The molecule has 0 rings (SSSR count). The summed E-state index contributed by atoms with van der Waals surface area (Å²) in [5.74, 6) is -5.02. The van der Waals surface area contributed by atoms with Gasteiger partial charge in [0.05, 0.1) is 12.8 Å². The Morgan fingerprint density at radius 3 is 1.26 bits per heavy atom. The van der Waals surface area contributed by atoms with Crippen molar-refractivity contribution in [3.05, 3.63) is 0 Å². The third-order valence-electron chi connectivity index (χ3n) is 1.29. The molecule has 0 aromatic rings. The second-order valence-electron chi connectivity index (χ2n) is 2.89. The van der Waals surface area contributed by atoms with Gasteiger partial charge in [-0.05, 0) is 0 Å². The van der Waals surface area contributed by atoms with Crippen molar-refractivity contribution in [1.82, 2.24) is 0 Å². The van der Waals surface area contributed by atoms with Crippen LogP contribution < -0.4 is 0 Å². The Kier molecular flexibility index (Phi) is 11.7. The summed E-state index contributed by atoms with van der Waals surface area (Å²) in [6.07, 6.45) is -2.29. The van der Waals surface area contributed by atoms with Gasteiger partial charge in [0.15, 0.2) is 5.60 Å². The van der Waals surface area contributed by atoms with E-state index in [-0.39, 0.29) is 37.7 Å². The Bertz CT molecular complexity index is 402. The van der Waals surface area contributed by atoms with Crippen LogP contribution in [0.3, 0.4) is 0 Å². The first-order valence-corrected chi connectivity index (χ1v) is 5.17. The maximum absolute atomic E-state index is 10.3. The minimum absolute atomic E-state index is 0. The topological polar surface area (TPSA) is 212 Å². The van der Waals surface area contributed by atoms with E-state index in [9.17, 15) is 14.4 Å². The van der Waals surface area contributed by atoms with E-state index in [0.29, 0.717) is 0 Å². The minimum Gasteiger partial charge on any atom is -0.759 e. The standard InChI is InChI=1S/C6H8O7.Ca.H2O4S/c7-3(8)1-6(13,5(11)12)2-4(9)10;;1-5(2,3)4/h13H,1-2H2,(H,7,8)(H,9,10)(H,11,12);;(H2,1,2,3,4)/q;+2;/p-2. The maximum atomic E-state index is 10.3. The zero-order valence-electron chi connectivity index (χ0n) is 9.18. The summed E-state index contributed by atoms with van der Waals surface area (Å²) < 4.78 is 34.1. The number of carboxylic acids is 3. The molecular formula is C6H8CaO11S. The molecule has 0 aliphatic carbocycles. The molecule has 4 N–H and O–H groups in total. The molecule has 0 aliphatic heterocycles. The molecule has 106 valence electrons. The van der Waals surface area contributed by atoms with Gasteiger partial charge in [-0.25, -0.2) is 4.79 Å². The van der Waals surface area contributed by atoms with E-state index in [4.69, 9.17) is 37.9 Å². The predicted molar refractivity (Wildman–Crippen MR) is 53.3 cm³/mol. The summed E-state index contributed by atoms with van der Waals surface area (Å²) in [5.41, 5.74) is -2.74. The van der Waals surface area contributed by atoms with Crippen molar-refractivity contribution in [2.75, 3.05) is 0 Å². The van der Waals surface area contributed by atoms with Crippen LogP contribution in [0.1, 0.15) is 12.8 Å². The van der Waals surface area contributed by atoms with Crippen LogP contribution >= 0.6 is 0 Å². The van der Waals surface area contributed by atoms with Crippen LogP contribution in [0.25, 0.3) is 0 Å². The summed E-state index contributed by atoms with van der Waals surface area (Å²) in [4.78, 5) is 30.5. The van der Waals surface area contributed by atoms with Gasteiger partial charge < -0.3 is 29.5 Å². The van der Waals surface area contributed by atoms with Crippen molar-refractivity contribution < 1.29 is 52.3 Å². The molecule has 0 unspecified atom stereocenters. The van der Waals surface area contributed by atoms with Crippen molar-refractivity contribution in [3.8, 4) is 0 Å². The third kappa shape index (κ3) is 17.5. The number of rotatable bonds is 5. The zero-order valence-corrected chi connectivity index (χ0v) is 12.2. The van der Waals surface area contributed by atoms with Crippen molar-refractivity contribution in [2.45, 2.75) is 18.4 Å². The second kappa shape index (κ2) is 9.41. The SMILES string of the molecule is O=C(O)CC(O)(CC(=O)O)C(=O)O.O=S(=O)([O-])[O-].[Ca+2]. The molecule has 0 fully saturated rings. The summed E-state index contributed by atoms with van der Waals surface area (Å²) in [7, 11) is -5.17. The average Bonchev–Trinajstić information content (AvgIpc) is 1.95. The molecule has 0 saturated carbocycles. The molecule has 0 aromatic heterocycles. The molecule has 0 atom stereocenters. The molecule has 0 bridgehead atoms. The fourth-order valence-electron chi connectivity index (χ4n) is 0.714. The molecule has 0 spiro atoms. The Hall–Kier alpha value is -0.500. The van der Waals surface area contributed by atoms with Crippen LogP contribution in [0.5, 0.6) is 0 Å². The largest absolute Gasteiger partial charge is 2.00 e. The van der Waals surface area contributed by atoms with Crippen LogP contribution in [0.4, 0.5) is 0 Å².